The zero-order valence-corrected chi connectivity index (χ0v) is 21.7. The molecule has 2 aromatic rings. The van der Waals surface area contributed by atoms with Gasteiger partial charge in [-0.25, -0.2) is 4.99 Å². The van der Waals surface area contributed by atoms with Crippen molar-refractivity contribution in [2.75, 3.05) is 45.2 Å². The summed E-state index contributed by atoms with van der Waals surface area (Å²) in [5, 5.41) is 6.74. The van der Waals surface area contributed by atoms with Crippen molar-refractivity contribution in [1.29, 1.82) is 0 Å². The SMILES string of the molecule is CCNC(=NCc1ccc(N(C)C)cc1)NCC1CC(=O)N(CCc2ccccc2)C1.I. The molecule has 1 heterocycles. The lowest BCUT2D eigenvalue weighted by molar-refractivity contribution is -0.127. The van der Waals surface area contributed by atoms with Crippen molar-refractivity contribution in [3.8, 4) is 0 Å². The van der Waals surface area contributed by atoms with Crippen LogP contribution in [-0.4, -0.2) is 57.0 Å². The van der Waals surface area contributed by atoms with Crippen LogP contribution < -0.4 is 15.5 Å². The fourth-order valence-corrected chi connectivity index (χ4v) is 3.77. The van der Waals surface area contributed by atoms with Gasteiger partial charge in [-0.05, 0) is 36.6 Å². The number of aliphatic imine (C=N–C) groups is 1. The van der Waals surface area contributed by atoms with Crippen LogP contribution in [0, 0.1) is 5.92 Å². The summed E-state index contributed by atoms with van der Waals surface area (Å²) in [4.78, 5) is 21.2. The van der Waals surface area contributed by atoms with Gasteiger partial charge in [0.25, 0.3) is 0 Å². The van der Waals surface area contributed by atoms with E-state index >= 15 is 0 Å². The Morgan fingerprint density at radius 3 is 2.44 bits per heavy atom. The van der Waals surface area contributed by atoms with Crippen LogP contribution in [0.3, 0.4) is 0 Å². The molecule has 0 aromatic heterocycles. The molecule has 0 bridgehead atoms. The Balaban J connectivity index is 0.00000363. The molecule has 1 amide bonds. The fraction of sp³-hybridized carbons (Fsp3) is 0.440. The molecule has 174 valence electrons. The highest BCUT2D eigenvalue weighted by atomic mass is 127. The van der Waals surface area contributed by atoms with E-state index in [9.17, 15) is 4.79 Å². The number of anilines is 1. The normalized spacial score (nSPS) is 16.0. The maximum Gasteiger partial charge on any atom is 0.223 e. The Morgan fingerprint density at radius 1 is 1.06 bits per heavy atom. The van der Waals surface area contributed by atoms with E-state index in [1.165, 1.54) is 16.8 Å². The van der Waals surface area contributed by atoms with Crippen LogP contribution in [0.2, 0.25) is 0 Å². The van der Waals surface area contributed by atoms with Gasteiger partial charge in [0.15, 0.2) is 5.96 Å². The number of amides is 1. The summed E-state index contributed by atoms with van der Waals surface area (Å²) in [7, 11) is 4.08. The first-order valence-electron chi connectivity index (χ1n) is 11.1. The quantitative estimate of drug-likeness (QED) is 0.286. The zero-order chi connectivity index (χ0) is 22.1. The first-order valence-corrected chi connectivity index (χ1v) is 11.1. The predicted octanol–water partition coefficient (Wildman–Crippen LogP) is 3.52. The van der Waals surface area contributed by atoms with Crippen molar-refractivity contribution in [2.24, 2.45) is 10.9 Å². The Hall–Kier alpha value is -2.29. The minimum absolute atomic E-state index is 0. The number of hydrogen-bond donors (Lipinski definition) is 2. The van der Waals surface area contributed by atoms with Gasteiger partial charge in [-0.2, -0.15) is 0 Å². The van der Waals surface area contributed by atoms with Gasteiger partial charge in [0.05, 0.1) is 6.54 Å². The van der Waals surface area contributed by atoms with Crippen LogP contribution in [0.15, 0.2) is 59.6 Å². The molecule has 1 aliphatic rings. The number of guanidine groups is 1. The lowest BCUT2D eigenvalue weighted by Crippen LogP contribution is -2.40. The molecule has 3 rings (SSSR count). The summed E-state index contributed by atoms with van der Waals surface area (Å²) in [6.45, 7) is 5.83. The molecule has 0 radical (unpaired) electrons. The number of benzene rings is 2. The van der Waals surface area contributed by atoms with Crippen molar-refractivity contribution in [3.05, 3.63) is 65.7 Å². The minimum atomic E-state index is 0. The Labute approximate surface area is 209 Å². The number of halogens is 1. The van der Waals surface area contributed by atoms with Gasteiger partial charge < -0.3 is 20.4 Å². The van der Waals surface area contributed by atoms with Crippen LogP contribution >= 0.6 is 24.0 Å². The van der Waals surface area contributed by atoms with Crippen LogP contribution in [0.4, 0.5) is 5.69 Å². The maximum absolute atomic E-state index is 12.4. The van der Waals surface area contributed by atoms with Gasteiger partial charge in [-0.3, -0.25) is 4.79 Å². The molecule has 2 N–H and O–H groups in total. The standard InChI is InChI=1S/C25H35N5O.HI/c1-4-26-25(27-17-21-10-12-23(13-11-21)29(2)3)28-18-22-16-24(31)30(19-22)15-14-20-8-6-5-7-9-20;/h5-13,22H,4,14-19H2,1-3H3,(H2,26,27,28);1H. The lowest BCUT2D eigenvalue weighted by Gasteiger charge is -2.18. The monoisotopic (exact) mass is 549 g/mol. The van der Waals surface area contributed by atoms with Gasteiger partial charge in [0.1, 0.15) is 0 Å². The first kappa shape index (κ1) is 26.0. The zero-order valence-electron chi connectivity index (χ0n) is 19.4. The third kappa shape index (κ3) is 8.00. The van der Waals surface area contributed by atoms with Gasteiger partial charge >= 0.3 is 0 Å². The van der Waals surface area contributed by atoms with Crippen molar-refractivity contribution < 1.29 is 4.79 Å². The third-order valence-corrected chi connectivity index (χ3v) is 5.58. The minimum Gasteiger partial charge on any atom is -0.378 e. The first-order chi connectivity index (χ1) is 15.0. The Kier molecular flexibility index (Phi) is 10.8. The van der Waals surface area contributed by atoms with Crippen LogP contribution in [0.1, 0.15) is 24.5 Å². The largest absolute Gasteiger partial charge is 0.378 e. The molecular formula is C25H36IN5O. The number of rotatable bonds is 9. The molecule has 1 aliphatic heterocycles. The highest BCUT2D eigenvalue weighted by Crippen LogP contribution is 2.18. The van der Waals surface area contributed by atoms with Crippen LogP contribution in [0.5, 0.6) is 0 Å². The average Bonchev–Trinajstić information content (AvgIpc) is 3.14. The lowest BCUT2D eigenvalue weighted by atomic mass is 10.1. The summed E-state index contributed by atoms with van der Waals surface area (Å²) in [6, 6.07) is 18.8. The Bertz CT molecular complexity index is 854. The van der Waals surface area contributed by atoms with Crippen molar-refractivity contribution in [1.82, 2.24) is 15.5 Å². The molecule has 1 atom stereocenters. The molecule has 6 nitrogen and oxygen atoms in total. The van der Waals surface area contributed by atoms with Crippen LogP contribution in [0.25, 0.3) is 0 Å². The van der Waals surface area contributed by atoms with Gasteiger partial charge in [-0.15, -0.1) is 24.0 Å². The number of hydrogen-bond acceptors (Lipinski definition) is 3. The molecule has 1 saturated heterocycles. The van der Waals surface area contributed by atoms with Crippen molar-refractivity contribution >= 4 is 41.5 Å². The highest BCUT2D eigenvalue weighted by Gasteiger charge is 2.29. The maximum atomic E-state index is 12.4. The van der Waals surface area contributed by atoms with Gasteiger partial charge in [0, 0.05) is 58.3 Å². The number of carbonyl (C=O) groups excluding carboxylic acids is 1. The summed E-state index contributed by atoms with van der Waals surface area (Å²) in [5.41, 5.74) is 3.63. The number of carbonyl (C=O) groups is 1. The number of nitrogens with zero attached hydrogens (tertiary/aromatic N) is 3. The highest BCUT2D eigenvalue weighted by molar-refractivity contribution is 14.0. The van der Waals surface area contributed by atoms with Gasteiger partial charge in [-0.1, -0.05) is 42.5 Å². The second-order valence-corrected chi connectivity index (χ2v) is 8.28. The van der Waals surface area contributed by atoms with Gasteiger partial charge in [0.2, 0.25) is 5.91 Å². The van der Waals surface area contributed by atoms with E-state index in [1.807, 2.05) is 37.2 Å². The second kappa shape index (κ2) is 13.3. The predicted molar refractivity (Wildman–Crippen MR) is 144 cm³/mol. The van der Waals surface area contributed by atoms with E-state index in [0.29, 0.717) is 18.9 Å². The van der Waals surface area contributed by atoms with E-state index in [1.54, 1.807) is 0 Å². The topological polar surface area (TPSA) is 60.0 Å². The van der Waals surface area contributed by atoms with Crippen molar-refractivity contribution in [3.63, 3.8) is 0 Å². The summed E-state index contributed by atoms with van der Waals surface area (Å²) in [6.07, 6.45) is 1.51. The molecule has 32 heavy (non-hydrogen) atoms. The summed E-state index contributed by atoms with van der Waals surface area (Å²) in [5.74, 6) is 1.37. The van der Waals surface area contributed by atoms with E-state index in [4.69, 9.17) is 4.99 Å². The average molecular weight is 550 g/mol. The second-order valence-electron chi connectivity index (χ2n) is 8.28. The molecule has 7 heteroatoms. The third-order valence-electron chi connectivity index (χ3n) is 5.58. The van der Waals surface area contributed by atoms with Crippen LogP contribution in [-0.2, 0) is 17.8 Å². The smallest absolute Gasteiger partial charge is 0.223 e. The summed E-state index contributed by atoms with van der Waals surface area (Å²) < 4.78 is 0. The number of nitrogens with one attached hydrogen (secondary N) is 2. The molecule has 0 aliphatic carbocycles. The molecule has 1 unspecified atom stereocenters. The van der Waals surface area contributed by atoms with E-state index in [2.05, 4.69) is 58.9 Å². The molecular weight excluding hydrogens is 513 g/mol. The molecule has 1 fully saturated rings. The van der Waals surface area contributed by atoms with E-state index < -0.39 is 0 Å². The van der Waals surface area contributed by atoms with Crippen molar-refractivity contribution in [2.45, 2.75) is 26.3 Å². The summed E-state index contributed by atoms with van der Waals surface area (Å²) >= 11 is 0. The molecule has 2 aromatic carbocycles. The molecule has 0 spiro atoms. The molecule has 0 saturated carbocycles. The fourth-order valence-electron chi connectivity index (χ4n) is 3.77. The van der Waals surface area contributed by atoms with E-state index in [0.717, 1.165) is 38.6 Å². The Morgan fingerprint density at radius 2 is 1.78 bits per heavy atom. The van der Waals surface area contributed by atoms with E-state index in [-0.39, 0.29) is 29.9 Å². The number of likely N-dealkylation sites (tertiary alicyclic amines) is 1.